The molecule has 0 aromatic carbocycles. The van der Waals surface area contributed by atoms with Crippen LogP contribution in [0.5, 0.6) is 0 Å². The average molecular weight is 261 g/mol. The molecule has 1 amide bonds. The molecule has 0 fully saturated rings. The van der Waals surface area contributed by atoms with E-state index in [9.17, 15) is 13.6 Å². The minimum atomic E-state index is -2.51. The molecule has 7 nitrogen and oxygen atoms in total. The lowest BCUT2D eigenvalue weighted by molar-refractivity contribution is 0.0188. The van der Waals surface area contributed by atoms with Gasteiger partial charge in [-0.1, -0.05) is 0 Å². The van der Waals surface area contributed by atoms with Gasteiger partial charge in [-0.25, -0.2) is 14.6 Å². The fourth-order valence-electron chi connectivity index (χ4n) is 1.03. The first-order valence-corrected chi connectivity index (χ1v) is 5.08. The van der Waals surface area contributed by atoms with Gasteiger partial charge in [0.15, 0.2) is 11.5 Å². The third kappa shape index (κ3) is 4.97. The largest absolute Gasteiger partial charge is 0.374 e. The zero-order valence-corrected chi connectivity index (χ0v) is 9.40. The molecule has 0 spiro atoms. The van der Waals surface area contributed by atoms with Gasteiger partial charge in [-0.3, -0.25) is 4.79 Å². The predicted molar refractivity (Wildman–Crippen MR) is 59.0 cm³/mol. The number of aromatic nitrogens is 2. The molecule has 0 atom stereocenters. The van der Waals surface area contributed by atoms with Crippen molar-refractivity contribution in [3.63, 3.8) is 0 Å². The monoisotopic (exact) mass is 261 g/mol. The van der Waals surface area contributed by atoms with Crippen LogP contribution in [0, 0.1) is 0 Å². The van der Waals surface area contributed by atoms with E-state index in [2.05, 4.69) is 25.7 Å². The van der Waals surface area contributed by atoms with E-state index in [1.807, 2.05) is 0 Å². The van der Waals surface area contributed by atoms with Gasteiger partial charge in [0, 0.05) is 6.54 Å². The van der Waals surface area contributed by atoms with E-state index >= 15 is 0 Å². The summed E-state index contributed by atoms with van der Waals surface area (Å²) in [7, 11) is 0. The van der Waals surface area contributed by atoms with Gasteiger partial charge in [-0.15, -0.1) is 10.2 Å². The number of carbonyl (C=O) groups is 1. The number of ether oxygens (including phenoxy) is 1. The highest BCUT2D eigenvalue weighted by Gasteiger charge is 2.07. The molecule has 1 heterocycles. The van der Waals surface area contributed by atoms with Crippen LogP contribution in [-0.2, 0) is 4.74 Å². The number of amides is 1. The molecule has 1 aromatic heterocycles. The van der Waals surface area contributed by atoms with Crippen molar-refractivity contribution in [2.75, 3.05) is 25.2 Å². The van der Waals surface area contributed by atoms with Crippen molar-refractivity contribution in [1.82, 2.24) is 15.5 Å². The number of hydrogen-bond acceptors (Lipinski definition) is 6. The summed E-state index contributed by atoms with van der Waals surface area (Å²) in [5, 5.41) is 9.67. The van der Waals surface area contributed by atoms with Crippen LogP contribution in [0.4, 0.5) is 14.6 Å². The highest BCUT2D eigenvalue weighted by molar-refractivity contribution is 5.92. The van der Waals surface area contributed by atoms with Crippen LogP contribution in [0.25, 0.3) is 0 Å². The third-order valence-corrected chi connectivity index (χ3v) is 1.82. The summed E-state index contributed by atoms with van der Waals surface area (Å²) in [6.45, 7) is -0.525. The smallest absolute Gasteiger partial charge is 0.271 e. The molecule has 0 aliphatic rings. The lowest BCUT2D eigenvalue weighted by atomic mass is 10.3. The minimum absolute atomic E-state index is 0.00590. The number of halogens is 2. The number of carbonyl (C=O) groups excluding carboxylic acids is 1. The van der Waals surface area contributed by atoms with Crippen LogP contribution in [0.1, 0.15) is 10.5 Å². The first-order valence-electron chi connectivity index (χ1n) is 5.08. The molecule has 1 aromatic rings. The Morgan fingerprint density at radius 3 is 2.78 bits per heavy atom. The van der Waals surface area contributed by atoms with Crippen molar-refractivity contribution in [1.29, 1.82) is 0 Å². The maximum Gasteiger partial charge on any atom is 0.271 e. The van der Waals surface area contributed by atoms with Crippen molar-refractivity contribution in [2.24, 2.45) is 5.84 Å². The number of hydrogen-bond donors (Lipinski definition) is 3. The quantitative estimate of drug-likeness (QED) is 0.356. The van der Waals surface area contributed by atoms with E-state index in [1.165, 1.54) is 12.1 Å². The van der Waals surface area contributed by atoms with Gasteiger partial charge in [0.2, 0.25) is 0 Å². The summed E-state index contributed by atoms with van der Waals surface area (Å²) in [6.07, 6.45) is -2.51. The molecule has 0 bridgehead atoms. The summed E-state index contributed by atoms with van der Waals surface area (Å²) in [6, 6.07) is 2.91. The Morgan fingerprint density at radius 2 is 2.22 bits per heavy atom. The fraction of sp³-hybridized carbons (Fsp3) is 0.444. The molecule has 9 heteroatoms. The van der Waals surface area contributed by atoms with E-state index in [0.717, 1.165) is 0 Å². The zero-order valence-electron chi connectivity index (χ0n) is 9.40. The molecule has 4 N–H and O–H groups in total. The van der Waals surface area contributed by atoms with Crippen LogP contribution in [-0.4, -0.2) is 42.3 Å². The van der Waals surface area contributed by atoms with Gasteiger partial charge < -0.3 is 15.5 Å². The molecule has 1 rings (SSSR count). The fourth-order valence-corrected chi connectivity index (χ4v) is 1.03. The van der Waals surface area contributed by atoms with Gasteiger partial charge in [-0.05, 0) is 12.1 Å². The molecule has 0 aliphatic carbocycles. The Bertz CT molecular complexity index is 374. The average Bonchev–Trinajstić information content (AvgIpc) is 2.38. The predicted octanol–water partition coefficient (Wildman–Crippen LogP) is -0.226. The van der Waals surface area contributed by atoms with Gasteiger partial charge in [0.1, 0.15) is 6.61 Å². The maximum atomic E-state index is 11.7. The highest BCUT2D eigenvalue weighted by atomic mass is 19.3. The SMILES string of the molecule is NNc1ccc(C(=O)NCCOCC(F)F)nn1. The molecular weight excluding hydrogens is 248 g/mol. The normalized spacial score (nSPS) is 10.4. The van der Waals surface area contributed by atoms with E-state index in [-0.39, 0.29) is 18.8 Å². The van der Waals surface area contributed by atoms with Crippen molar-refractivity contribution in [3.8, 4) is 0 Å². The Balaban J connectivity index is 2.27. The second kappa shape index (κ2) is 7.45. The van der Waals surface area contributed by atoms with E-state index in [4.69, 9.17) is 5.84 Å². The van der Waals surface area contributed by atoms with Crippen molar-refractivity contribution >= 4 is 11.7 Å². The number of nitrogen functional groups attached to an aromatic ring is 1. The highest BCUT2D eigenvalue weighted by Crippen LogP contribution is 1.99. The van der Waals surface area contributed by atoms with Crippen molar-refractivity contribution in [3.05, 3.63) is 17.8 Å². The Hall–Kier alpha value is -1.87. The second-order valence-electron chi connectivity index (χ2n) is 3.17. The number of nitrogens with zero attached hydrogens (tertiary/aromatic N) is 2. The number of alkyl halides is 2. The zero-order chi connectivity index (χ0) is 13.4. The van der Waals surface area contributed by atoms with E-state index in [0.29, 0.717) is 5.82 Å². The minimum Gasteiger partial charge on any atom is -0.374 e. The lowest BCUT2D eigenvalue weighted by Gasteiger charge is -2.05. The topological polar surface area (TPSA) is 102 Å². The maximum absolute atomic E-state index is 11.7. The molecule has 0 saturated heterocycles. The molecule has 0 radical (unpaired) electrons. The number of anilines is 1. The molecular formula is C9H13F2N5O2. The van der Waals surface area contributed by atoms with Crippen LogP contribution in [0.2, 0.25) is 0 Å². The molecule has 100 valence electrons. The first-order chi connectivity index (χ1) is 8.63. The Labute approximate surface area is 102 Å². The van der Waals surface area contributed by atoms with E-state index in [1.54, 1.807) is 0 Å². The summed E-state index contributed by atoms with van der Waals surface area (Å²) in [5.74, 6) is 4.94. The third-order valence-electron chi connectivity index (χ3n) is 1.82. The summed E-state index contributed by atoms with van der Waals surface area (Å²) >= 11 is 0. The number of nitrogens with one attached hydrogen (secondary N) is 2. The first kappa shape index (κ1) is 14.2. The number of nitrogens with two attached hydrogens (primary N) is 1. The Kier molecular flexibility index (Phi) is 5.88. The summed E-state index contributed by atoms with van der Waals surface area (Å²) in [4.78, 5) is 11.5. The Morgan fingerprint density at radius 1 is 1.44 bits per heavy atom. The standard InChI is InChI=1S/C9H13F2N5O2/c10-7(11)5-18-4-3-13-9(17)6-1-2-8(14-12)16-15-6/h1-2,7H,3-5,12H2,(H,13,17)(H,14,16). The van der Waals surface area contributed by atoms with E-state index < -0.39 is 18.9 Å². The molecule has 0 aliphatic heterocycles. The van der Waals surface area contributed by atoms with Crippen LogP contribution in [0.15, 0.2) is 12.1 Å². The van der Waals surface area contributed by atoms with Crippen molar-refractivity contribution in [2.45, 2.75) is 6.43 Å². The summed E-state index contributed by atoms with van der Waals surface area (Å²) < 4.78 is 28.0. The van der Waals surface area contributed by atoms with Gasteiger partial charge in [0.05, 0.1) is 6.61 Å². The number of rotatable bonds is 7. The lowest BCUT2D eigenvalue weighted by Crippen LogP contribution is -2.28. The van der Waals surface area contributed by atoms with Gasteiger partial charge in [0.25, 0.3) is 12.3 Å². The van der Waals surface area contributed by atoms with Crippen LogP contribution < -0.4 is 16.6 Å². The molecule has 0 saturated carbocycles. The second-order valence-corrected chi connectivity index (χ2v) is 3.17. The van der Waals surface area contributed by atoms with Crippen LogP contribution >= 0.6 is 0 Å². The van der Waals surface area contributed by atoms with Crippen LogP contribution in [0.3, 0.4) is 0 Å². The van der Waals surface area contributed by atoms with Crippen molar-refractivity contribution < 1.29 is 18.3 Å². The summed E-state index contributed by atoms with van der Waals surface area (Å²) in [5.41, 5.74) is 2.37. The number of hydrazine groups is 1. The molecule has 0 unspecified atom stereocenters. The van der Waals surface area contributed by atoms with Gasteiger partial charge in [-0.2, -0.15) is 0 Å². The molecule has 18 heavy (non-hydrogen) atoms. The van der Waals surface area contributed by atoms with Gasteiger partial charge >= 0.3 is 0 Å².